The molecular formula is C20H19N3O2S. The highest BCUT2D eigenvalue weighted by Gasteiger charge is 2.10. The largest absolute Gasteiger partial charge is 0.350 e. The Kier molecular flexibility index (Phi) is 5.86. The van der Waals surface area contributed by atoms with E-state index in [0.29, 0.717) is 18.7 Å². The van der Waals surface area contributed by atoms with Crippen molar-refractivity contribution in [3.05, 3.63) is 82.6 Å². The molecular weight excluding hydrogens is 346 g/mol. The van der Waals surface area contributed by atoms with Crippen molar-refractivity contribution in [2.45, 2.75) is 11.4 Å². The molecule has 132 valence electrons. The molecule has 0 atom stereocenters. The van der Waals surface area contributed by atoms with Crippen LogP contribution in [0.5, 0.6) is 0 Å². The third kappa shape index (κ3) is 4.21. The van der Waals surface area contributed by atoms with Crippen molar-refractivity contribution >= 4 is 17.7 Å². The van der Waals surface area contributed by atoms with E-state index in [-0.39, 0.29) is 11.5 Å². The number of thioether (sulfide) groups is 1. The number of carbonyl (C=O) groups excluding carboxylic acids is 1. The van der Waals surface area contributed by atoms with Crippen LogP contribution < -0.4 is 10.9 Å². The lowest BCUT2D eigenvalue weighted by Crippen LogP contribution is -2.32. The molecule has 3 aromatic rings. The van der Waals surface area contributed by atoms with Crippen LogP contribution in [0.3, 0.4) is 0 Å². The minimum Gasteiger partial charge on any atom is -0.350 e. The van der Waals surface area contributed by atoms with Gasteiger partial charge < -0.3 is 5.32 Å². The number of nitrogens with zero attached hydrogens (tertiary/aromatic N) is 2. The second-order valence-corrected chi connectivity index (χ2v) is 6.45. The van der Waals surface area contributed by atoms with Crippen molar-refractivity contribution in [3.63, 3.8) is 0 Å². The van der Waals surface area contributed by atoms with Gasteiger partial charge in [-0.3, -0.25) is 9.59 Å². The lowest BCUT2D eigenvalue weighted by molar-refractivity contribution is 0.0949. The summed E-state index contributed by atoms with van der Waals surface area (Å²) in [5, 5.41) is 7.25. The van der Waals surface area contributed by atoms with Crippen molar-refractivity contribution in [2.24, 2.45) is 0 Å². The second kappa shape index (κ2) is 8.49. The Balaban J connectivity index is 1.68. The minimum atomic E-state index is -0.191. The SMILES string of the molecule is CSc1ccccc1C(=O)NCCn1nc(-c2ccccc2)ccc1=O. The van der Waals surface area contributed by atoms with Gasteiger partial charge >= 0.3 is 0 Å². The maximum atomic E-state index is 12.4. The van der Waals surface area contributed by atoms with Crippen LogP contribution in [0.15, 0.2) is 76.4 Å². The summed E-state index contributed by atoms with van der Waals surface area (Å²) >= 11 is 1.53. The van der Waals surface area contributed by atoms with Crippen LogP contribution in [0.25, 0.3) is 11.3 Å². The van der Waals surface area contributed by atoms with Crippen LogP contribution in [0.2, 0.25) is 0 Å². The lowest BCUT2D eigenvalue weighted by Gasteiger charge is -2.10. The van der Waals surface area contributed by atoms with Crippen molar-refractivity contribution < 1.29 is 4.79 Å². The smallest absolute Gasteiger partial charge is 0.266 e. The zero-order chi connectivity index (χ0) is 18.4. The van der Waals surface area contributed by atoms with E-state index in [9.17, 15) is 9.59 Å². The van der Waals surface area contributed by atoms with Gasteiger partial charge in [-0.15, -0.1) is 11.8 Å². The first kappa shape index (κ1) is 17.9. The van der Waals surface area contributed by atoms with E-state index in [1.54, 1.807) is 12.1 Å². The van der Waals surface area contributed by atoms with Crippen molar-refractivity contribution in [3.8, 4) is 11.3 Å². The molecule has 0 radical (unpaired) electrons. The Morgan fingerprint density at radius 3 is 2.54 bits per heavy atom. The van der Waals surface area contributed by atoms with E-state index in [2.05, 4.69) is 10.4 Å². The monoisotopic (exact) mass is 365 g/mol. The predicted molar refractivity (Wildman–Crippen MR) is 104 cm³/mol. The summed E-state index contributed by atoms with van der Waals surface area (Å²) in [5.74, 6) is -0.151. The molecule has 0 aliphatic heterocycles. The van der Waals surface area contributed by atoms with Gasteiger partial charge in [-0.05, 0) is 24.5 Å². The number of hydrogen-bond donors (Lipinski definition) is 1. The van der Waals surface area contributed by atoms with Gasteiger partial charge in [0.15, 0.2) is 0 Å². The van der Waals surface area contributed by atoms with Crippen LogP contribution in [-0.4, -0.2) is 28.5 Å². The second-order valence-electron chi connectivity index (χ2n) is 5.60. The molecule has 0 saturated heterocycles. The predicted octanol–water partition coefficient (Wildman–Crippen LogP) is 3.06. The third-order valence-electron chi connectivity index (χ3n) is 3.90. The van der Waals surface area contributed by atoms with Gasteiger partial charge in [-0.1, -0.05) is 42.5 Å². The van der Waals surface area contributed by atoms with Crippen molar-refractivity contribution in [2.75, 3.05) is 12.8 Å². The summed E-state index contributed by atoms with van der Waals surface area (Å²) in [6, 6.07) is 20.3. The van der Waals surface area contributed by atoms with Crippen LogP contribution >= 0.6 is 11.8 Å². The zero-order valence-corrected chi connectivity index (χ0v) is 15.2. The fourth-order valence-electron chi connectivity index (χ4n) is 2.57. The molecule has 6 heteroatoms. The highest BCUT2D eigenvalue weighted by Crippen LogP contribution is 2.19. The van der Waals surface area contributed by atoms with Crippen molar-refractivity contribution in [1.29, 1.82) is 0 Å². The number of aromatic nitrogens is 2. The number of carbonyl (C=O) groups is 1. The summed E-state index contributed by atoms with van der Waals surface area (Å²) in [7, 11) is 0. The quantitative estimate of drug-likeness (QED) is 0.682. The Hall–Kier alpha value is -2.86. The molecule has 5 nitrogen and oxygen atoms in total. The normalized spacial score (nSPS) is 10.5. The number of benzene rings is 2. The van der Waals surface area contributed by atoms with Gasteiger partial charge in [-0.25, -0.2) is 4.68 Å². The molecule has 0 fully saturated rings. The average molecular weight is 365 g/mol. The summed E-state index contributed by atoms with van der Waals surface area (Å²) < 4.78 is 1.38. The molecule has 3 rings (SSSR count). The summed E-state index contributed by atoms with van der Waals surface area (Å²) in [6.07, 6.45) is 1.94. The third-order valence-corrected chi connectivity index (χ3v) is 4.69. The Labute approximate surface area is 156 Å². The highest BCUT2D eigenvalue weighted by atomic mass is 32.2. The molecule has 0 aliphatic carbocycles. The first-order valence-corrected chi connectivity index (χ1v) is 9.46. The zero-order valence-electron chi connectivity index (χ0n) is 14.4. The van der Waals surface area contributed by atoms with E-state index >= 15 is 0 Å². The minimum absolute atomic E-state index is 0.151. The molecule has 1 heterocycles. The molecule has 1 amide bonds. The number of nitrogens with one attached hydrogen (secondary N) is 1. The lowest BCUT2D eigenvalue weighted by atomic mass is 10.1. The fourth-order valence-corrected chi connectivity index (χ4v) is 3.17. The van der Waals surface area contributed by atoms with Crippen LogP contribution in [-0.2, 0) is 6.54 Å². The molecule has 26 heavy (non-hydrogen) atoms. The maximum Gasteiger partial charge on any atom is 0.266 e. The van der Waals surface area contributed by atoms with Crippen LogP contribution in [0, 0.1) is 0 Å². The Morgan fingerprint density at radius 1 is 1.04 bits per heavy atom. The number of amides is 1. The van der Waals surface area contributed by atoms with Gasteiger partial charge in [0.1, 0.15) is 0 Å². The van der Waals surface area contributed by atoms with Gasteiger partial charge in [0, 0.05) is 23.1 Å². The highest BCUT2D eigenvalue weighted by molar-refractivity contribution is 7.98. The fraction of sp³-hybridized carbons (Fsp3) is 0.150. The molecule has 1 aromatic heterocycles. The van der Waals surface area contributed by atoms with E-state index in [1.807, 2.05) is 54.8 Å². The average Bonchev–Trinajstić information content (AvgIpc) is 2.70. The van der Waals surface area contributed by atoms with Gasteiger partial charge in [-0.2, -0.15) is 5.10 Å². The summed E-state index contributed by atoms with van der Waals surface area (Å²) in [6.45, 7) is 0.638. The van der Waals surface area contributed by atoms with E-state index in [1.165, 1.54) is 22.5 Å². The first-order valence-electron chi connectivity index (χ1n) is 8.24. The molecule has 2 aromatic carbocycles. The topological polar surface area (TPSA) is 64.0 Å². The molecule has 0 saturated carbocycles. The Morgan fingerprint density at radius 2 is 1.77 bits per heavy atom. The van der Waals surface area contributed by atoms with Gasteiger partial charge in [0.05, 0.1) is 17.8 Å². The van der Waals surface area contributed by atoms with Crippen LogP contribution in [0.4, 0.5) is 0 Å². The molecule has 0 unspecified atom stereocenters. The summed E-state index contributed by atoms with van der Waals surface area (Å²) in [4.78, 5) is 25.3. The number of rotatable bonds is 6. The Bertz CT molecular complexity index is 955. The molecule has 0 spiro atoms. The van der Waals surface area contributed by atoms with Crippen LogP contribution in [0.1, 0.15) is 10.4 Å². The first-order chi connectivity index (χ1) is 12.7. The summed E-state index contributed by atoms with van der Waals surface area (Å²) in [5.41, 5.74) is 2.12. The molecule has 0 aliphatic rings. The molecule has 1 N–H and O–H groups in total. The number of hydrogen-bond acceptors (Lipinski definition) is 4. The van der Waals surface area contributed by atoms with Gasteiger partial charge in [0.2, 0.25) is 0 Å². The standard InChI is InChI=1S/C20H19N3O2S/c1-26-18-10-6-5-9-16(18)20(25)21-13-14-23-19(24)12-11-17(22-23)15-7-3-2-4-8-15/h2-12H,13-14H2,1H3,(H,21,25). The maximum absolute atomic E-state index is 12.4. The van der Waals surface area contributed by atoms with E-state index < -0.39 is 0 Å². The van der Waals surface area contributed by atoms with Gasteiger partial charge in [0.25, 0.3) is 11.5 Å². The van der Waals surface area contributed by atoms with Crippen molar-refractivity contribution in [1.82, 2.24) is 15.1 Å². The van der Waals surface area contributed by atoms with E-state index in [0.717, 1.165) is 16.2 Å². The molecule has 0 bridgehead atoms. The van der Waals surface area contributed by atoms with E-state index in [4.69, 9.17) is 0 Å².